The Morgan fingerprint density at radius 2 is 1.73 bits per heavy atom. The fraction of sp³-hybridized carbons (Fsp3) is 0.478. The summed E-state index contributed by atoms with van der Waals surface area (Å²) in [6.07, 6.45) is -16.9. The van der Waals surface area contributed by atoms with E-state index < -0.39 is 61.7 Å². The monoisotopic (exact) mass is 602 g/mol. The number of fused-ring (bicyclic) bond motifs is 1. The molecule has 0 bridgehead atoms. The Morgan fingerprint density at radius 1 is 1.05 bits per heavy atom. The second kappa shape index (κ2) is 11.9. The molecule has 3 heterocycles. The summed E-state index contributed by atoms with van der Waals surface area (Å²) >= 11 is 0. The first-order valence-electron chi connectivity index (χ1n) is 11.7. The third kappa shape index (κ3) is 7.40. The molecular formula is C23H23F9N6O3. The SMILES string of the molecule is CCN(C(=O)NC(CCC(F)(F)F)C(F)(F)F)[C@@H](c1cc(-c2cc(OC)n3nccc3n2)c(OC)cn1)C(F)(F)F. The highest BCUT2D eigenvalue weighted by Gasteiger charge is 2.49. The van der Waals surface area contributed by atoms with E-state index in [0.29, 0.717) is 0 Å². The molecule has 2 amide bonds. The number of rotatable bonds is 9. The van der Waals surface area contributed by atoms with Crippen LogP contribution in [0.25, 0.3) is 16.9 Å². The third-order valence-electron chi connectivity index (χ3n) is 5.83. The summed E-state index contributed by atoms with van der Waals surface area (Å²) in [6, 6.07) is -4.13. The Kier molecular flexibility index (Phi) is 9.12. The zero-order valence-corrected chi connectivity index (χ0v) is 21.5. The number of amides is 2. The van der Waals surface area contributed by atoms with Crippen molar-refractivity contribution in [1.82, 2.24) is 29.8 Å². The van der Waals surface area contributed by atoms with Crippen LogP contribution in [-0.4, -0.2) is 75.8 Å². The molecule has 18 heteroatoms. The van der Waals surface area contributed by atoms with E-state index >= 15 is 0 Å². The van der Waals surface area contributed by atoms with Gasteiger partial charge in [0.05, 0.1) is 38.0 Å². The van der Waals surface area contributed by atoms with E-state index in [4.69, 9.17) is 9.47 Å². The minimum Gasteiger partial charge on any atom is -0.494 e. The van der Waals surface area contributed by atoms with Crippen molar-refractivity contribution in [3.63, 3.8) is 0 Å². The number of methoxy groups -OCH3 is 2. The zero-order chi connectivity index (χ0) is 30.8. The van der Waals surface area contributed by atoms with Crippen LogP contribution in [0.5, 0.6) is 11.6 Å². The van der Waals surface area contributed by atoms with Crippen LogP contribution < -0.4 is 14.8 Å². The Labute approximate surface area is 226 Å². The number of pyridine rings is 1. The largest absolute Gasteiger partial charge is 0.494 e. The smallest absolute Gasteiger partial charge is 0.414 e. The van der Waals surface area contributed by atoms with Crippen LogP contribution >= 0.6 is 0 Å². The van der Waals surface area contributed by atoms with Crippen molar-refractivity contribution in [2.45, 2.75) is 50.4 Å². The molecule has 3 aromatic heterocycles. The Balaban J connectivity index is 2.06. The lowest BCUT2D eigenvalue weighted by Crippen LogP contribution is -2.53. The average molecular weight is 602 g/mol. The first-order valence-corrected chi connectivity index (χ1v) is 11.7. The molecule has 41 heavy (non-hydrogen) atoms. The Bertz CT molecular complexity index is 1360. The summed E-state index contributed by atoms with van der Waals surface area (Å²) in [5.74, 6) is 0.110. The number of aromatic nitrogens is 4. The molecule has 0 spiro atoms. The Morgan fingerprint density at radius 3 is 2.27 bits per heavy atom. The first kappa shape index (κ1) is 31.5. The van der Waals surface area contributed by atoms with Gasteiger partial charge in [0.2, 0.25) is 5.88 Å². The lowest BCUT2D eigenvalue weighted by Gasteiger charge is -2.34. The molecule has 3 rings (SSSR count). The normalized spacial score (nSPS) is 14.0. The number of carbonyl (C=O) groups excluding carboxylic acids is 1. The van der Waals surface area contributed by atoms with Crippen LogP contribution in [0.2, 0.25) is 0 Å². The summed E-state index contributed by atoms with van der Waals surface area (Å²) in [5, 5.41) is 5.28. The number of hydrogen-bond donors (Lipinski definition) is 1. The van der Waals surface area contributed by atoms with E-state index in [-0.39, 0.29) is 33.4 Å². The standard InChI is InChI=1S/C23H23F9N6O3/c1-4-37(20(39)36-16(22(27,28)29)5-7-21(24,25)26)19(23(30,31)32)14-9-12(15(40-2)11-33-14)13-10-18(41-3)38-17(35-13)6-8-34-38/h6,8-11,16,19H,4-5,7H2,1-3H3,(H,36,39)/t16?,19-/m0/s1. The number of carbonyl (C=O) groups is 1. The molecule has 0 saturated carbocycles. The van der Waals surface area contributed by atoms with Gasteiger partial charge in [0.15, 0.2) is 11.7 Å². The highest BCUT2D eigenvalue weighted by molar-refractivity contribution is 5.76. The van der Waals surface area contributed by atoms with E-state index in [9.17, 15) is 44.3 Å². The summed E-state index contributed by atoms with van der Waals surface area (Å²) in [4.78, 5) is 20.8. The van der Waals surface area contributed by atoms with Gasteiger partial charge in [-0.25, -0.2) is 9.78 Å². The quantitative estimate of drug-likeness (QED) is 0.315. The van der Waals surface area contributed by atoms with Gasteiger partial charge in [-0.2, -0.15) is 49.1 Å². The fourth-order valence-corrected chi connectivity index (χ4v) is 3.94. The van der Waals surface area contributed by atoms with Crippen molar-refractivity contribution in [1.29, 1.82) is 0 Å². The molecule has 0 aliphatic rings. The third-order valence-corrected chi connectivity index (χ3v) is 5.83. The van der Waals surface area contributed by atoms with Gasteiger partial charge in [-0.05, 0) is 19.4 Å². The fourth-order valence-electron chi connectivity index (χ4n) is 3.94. The van der Waals surface area contributed by atoms with Crippen LogP contribution in [0.3, 0.4) is 0 Å². The van der Waals surface area contributed by atoms with Gasteiger partial charge < -0.3 is 19.7 Å². The van der Waals surface area contributed by atoms with Gasteiger partial charge in [-0.15, -0.1) is 0 Å². The predicted octanol–water partition coefficient (Wildman–Crippen LogP) is 5.72. The van der Waals surface area contributed by atoms with Crippen molar-refractivity contribution in [2.24, 2.45) is 0 Å². The molecule has 0 fully saturated rings. The number of ether oxygens (including phenoxy) is 2. The lowest BCUT2D eigenvalue weighted by molar-refractivity contribution is -0.182. The molecular weight excluding hydrogens is 579 g/mol. The molecule has 2 atom stereocenters. The molecule has 9 nitrogen and oxygen atoms in total. The maximum Gasteiger partial charge on any atom is 0.414 e. The lowest BCUT2D eigenvalue weighted by atomic mass is 10.1. The number of halogens is 9. The maximum absolute atomic E-state index is 14.4. The number of alkyl halides is 9. The minimum absolute atomic E-state index is 0.000899. The zero-order valence-electron chi connectivity index (χ0n) is 21.5. The summed E-state index contributed by atoms with van der Waals surface area (Å²) in [7, 11) is 2.52. The predicted molar refractivity (Wildman–Crippen MR) is 124 cm³/mol. The summed E-state index contributed by atoms with van der Waals surface area (Å²) < 4.78 is 133. The van der Waals surface area contributed by atoms with Crippen molar-refractivity contribution in [3.05, 3.63) is 36.3 Å². The van der Waals surface area contributed by atoms with Crippen molar-refractivity contribution in [2.75, 3.05) is 20.8 Å². The minimum atomic E-state index is -5.36. The molecule has 0 aromatic carbocycles. The molecule has 226 valence electrons. The number of urea groups is 1. The number of nitrogens with one attached hydrogen (secondary N) is 1. The highest BCUT2D eigenvalue weighted by Crippen LogP contribution is 2.40. The molecule has 0 aliphatic heterocycles. The first-order chi connectivity index (χ1) is 19.0. The number of nitrogens with zero attached hydrogens (tertiary/aromatic N) is 5. The van der Waals surface area contributed by atoms with E-state index in [1.165, 1.54) is 42.4 Å². The van der Waals surface area contributed by atoms with Gasteiger partial charge in [0.25, 0.3) is 0 Å². The molecule has 1 N–H and O–H groups in total. The van der Waals surface area contributed by atoms with Gasteiger partial charge in [-0.1, -0.05) is 0 Å². The van der Waals surface area contributed by atoms with Gasteiger partial charge >= 0.3 is 24.6 Å². The summed E-state index contributed by atoms with van der Waals surface area (Å²) in [5.41, 5.74) is -0.561. The van der Waals surface area contributed by atoms with Crippen molar-refractivity contribution in [3.8, 4) is 22.9 Å². The topological polar surface area (TPSA) is 93.9 Å². The van der Waals surface area contributed by atoms with E-state index in [1.54, 1.807) is 0 Å². The van der Waals surface area contributed by atoms with Gasteiger partial charge in [0.1, 0.15) is 11.8 Å². The number of hydrogen-bond acceptors (Lipinski definition) is 6. The van der Waals surface area contributed by atoms with Gasteiger partial charge in [0, 0.05) is 30.7 Å². The second-order valence-electron chi connectivity index (χ2n) is 8.52. The molecule has 0 radical (unpaired) electrons. The van der Waals surface area contributed by atoms with E-state index in [2.05, 4.69) is 15.1 Å². The van der Waals surface area contributed by atoms with Crippen molar-refractivity contribution < 1.29 is 53.8 Å². The van der Waals surface area contributed by atoms with Crippen LogP contribution in [-0.2, 0) is 0 Å². The molecule has 0 aliphatic carbocycles. The average Bonchev–Trinajstić information content (AvgIpc) is 3.35. The van der Waals surface area contributed by atoms with E-state index in [0.717, 1.165) is 19.2 Å². The van der Waals surface area contributed by atoms with Crippen molar-refractivity contribution >= 4 is 11.7 Å². The molecule has 3 aromatic rings. The summed E-state index contributed by atoms with van der Waals surface area (Å²) in [6.45, 7) is 0.276. The van der Waals surface area contributed by atoms with Gasteiger partial charge in [-0.3, -0.25) is 4.98 Å². The van der Waals surface area contributed by atoms with E-state index in [1.807, 2.05) is 0 Å². The maximum atomic E-state index is 14.4. The highest BCUT2D eigenvalue weighted by atomic mass is 19.4. The second-order valence-corrected chi connectivity index (χ2v) is 8.52. The van der Waals surface area contributed by atoms with Crippen LogP contribution in [0.1, 0.15) is 31.5 Å². The van der Waals surface area contributed by atoms with Crippen LogP contribution in [0.15, 0.2) is 30.6 Å². The Hall–Kier alpha value is -3.99. The van der Waals surface area contributed by atoms with Crippen LogP contribution in [0, 0.1) is 0 Å². The van der Waals surface area contributed by atoms with Crippen LogP contribution in [0.4, 0.5) is 44.3 Å². The molecule has 0 saturated heterocycles. The molecule has 1 unspecified atom stereocenters.